The molecule has 2 aromatic carbocycles. The summed E-state index contributed by atoms with van der Waals surface area (Å²) in [5, 5.41) is 13.8. The number of carboxylic acid groups (broad SMARTS) is 1. The van der Waals surface area contributed by atoms with Gasteiger partial charge in [-0.3, -0.25) is 9.36 Å². The number of carboxylic acids is 1. The molecule has 7 nitrogen and oxygen atoms in total. The first-order valence-electron chi connectivity index (χ1n) is 11.1. The van der Waals surface area contributed by atoms with Gasteiger partial charge in [-0.15, -0.1) is 9.78 Å². The van der Waals surface area contributed by atoms with Gasteiger partial charge in [-0.05, 0) is 35.6 Å². The molecule has 4 rings (SSSR count). The van der Waals surface area contributed by atoms with Crippen LogP contribution in [-0.2, 0) is 13.0 Å². The fourth-order valence-electron chi connectivity index (χ4n) is 4.42. The predicted molar refractivity (Wildman–Crippen MR) is 121 cm³/mol. The van der Waals surface area contributed by atoms with Crippen LogP contribution in [0.1, 0.15) is 65.6 Å². The van der Waals surface area contributed by atoms with Crippen molar-refractivity contribution in [2.45, 2.75) is 52.0 Å². The van der Waals surface area contributed by atoms with E-state index in [1.54, 1.807) is 28.8 Å². The highest BCUT2D eigenvalue weighted by molar-refractivity contribution is 5.96. The van der Waals surface area contributed by atoms with Crippen LogP contribution < -0.4 is 5.69 Å². The lowest BCUT2D eigenvalue weighted by atomic mass is 9.89. The number of hydrogen-bond donors (Lipinski definition) is 1. The molecule has 1 fully saturated rings. The Hall–Kier alpha value is -3.48. The van der Waals surface area contributed by atoms with Crippen molar-refractivity contribution in [2.24, 2.45) is 5.92 Å². The standard InChI is InChI=1S/C25H27N3O4/c1-2-22-26-28(23(29)19-8-4-3-5-9-19)25(32)27(22)16-17-12-14-18(15-13-17)20-10-6-7-11-21(20)24(30)31/h6-7,10-15,19H,2-5,8-9,16H2,1H3,(H,30,31). The van der Waals surface area contributed by atoms with Crippen molar-refractivity contribution in [1.29, 1.82) is 0 Å². The summed E-state index contributed by atoms with van der Waals surface area (Å²) in [5.74, 6) is -0.704. The highest BCUT2D eigenvalue weighted by atomic mass is 16.4. The molecule has 0 saturated heterocycles. The zero-order valence-electron chi connectivity index (χ0n) is 18.2. The lowest BCUT2D eigenvalue weighted by molar-refractivity contribution is 0.0696. The minimum atomic E-state index is -0.973. The van der Waals surface area contributed by atoms with Gasteiger partial charge in [-0.25, -0.2) is 9.59 Å². The first-order valence-corrected chi connectivity index (χ1v) is 11.1. The number of carbonyl (C=O) groups is 2. The average molecular weight is 434 g/mol. The molecule has 166 valence electrons. The van der Waals surface area contributed by atoms with Crippen LogP contribution in [0.4, 0.5) is 0 Å². The third-order valence-electron chi connectivity index (χ3n) is 6.18. The molecule has 1 N–H and O–H groups in total. The van der Waals surface area contributed by atoms with Crippen molar-refractivity contribution < 1.29 is 14.7 Å². The molecule has 1 aromatic heterocycles. The van der Waals surface area contributed by atoms with E-state index in [0.717, 1.165) is 47.9 Å². The highest BCUT2D eigenvalue weighted by Crippen LogP contribution is 2.25. The van der Waals surface area contributed by atoms with E-state index in [1.807, 2.05) is 31.2 Å². The first-order chi connectivity index (χ1) is 15.5. The quantitative estimate of drug-likeness (QED) is 0.627. The fourth-order valence-corrected chi connectivity index (χ4v) is 4.42. The van der Waals surface area contributed by atoms with Crippen molar-refractivity contribution >= 4 is 11.9 Å². The summed E-state index contributed by atoms with van der Waals surface area (Å²) in [5.41, 5.74) is 2.16. The SMILES string of the molecule is CCc1nn(C(=O)C2CCCCC2)c(=O)n1Cc1ccc(-c2ccccc2C(=O)O)cc1. The van der Waals surface area contributed by atoms with Crippen molar-refractivity contribution in [1.82, 2.24) is 14.3 Å². The van der Waals surface area contributed by atoms with Crippen molar-refractivity contribution in [3.05, 3.63) is 76.0 Å². The van der Waals surface area contributed by atoms with Crippen molar-refractivity contribution in [2.75, 3.05) is 0 Å². The Morgan fingerprint density at radius 3 is 2.38 bits per heavy atom. The molecule has 1 heterocycles. The topological polar surface area (TPSA) is 94.2 Å². The van der Waals surface area contributed by atoms with E-state index >= 15 is 0 Å². The number of aromatic carboxylic acids is 1. The van der Waals surface area contributed by atoms with E-state index < -0.39 is 11.7 Å². The predicted octanol–water partition coefficient (Wildman–Crippen LogP) is 4.24. The summed E-state index contributed by atoms with van der Waals surface area (Å²) < 4.78 is 2.62. The lowest BCUT2D eigenvalue weighted by Crippen LogP contribution is -2.35. The number of carbonyl (C=O) groups excluding carboxylic acids is 1. The Labute approximate surface area is 186 Å². The average Bonchev–Trinajstić information content (AvgIpc) is 3.14. The largest absolute Gasteiger partial charge is 0.478 e. The third-order valence-corrected chi connectivity index (χ3v) is 6.18. The summed E-state index contributed by atoms with van der Waals surface area (Å²) in [6, 6.07) is 14.3. The van der Waals surface area contributed by atoms with Crippen molar-refractivity contribution in [3.8, 4) is 11.1 Å². The Bertz CT molecular complexity index is 1180. The van der Waals surface area contributed by atoms with Crippen LogP contribution >= 0.6 is 0 Å². The van der Waals surface area contributed by atoms with Gasteiger partial charge in [-0.1, -0.05) is 68.7 Å². The number of aromatic nitrogens is 3. The molecular weight excluding hydrogens is 406 g/mol. The van der Waals surface area contributed by atoms with Crippen LogP contribution in [-0.4, -0.2) is 31.3 Å². The van der Waals surface area contributed by atoms with Gasteiger partial charge in [-0.2, -0.15) is 0 Å². The van der Waals surface area contributed by atoms with Gasteiger partial charge < -0.3 is 5.11 Å². The first kappa shape index (κ1) is 21.7. The third kappa shape index (κ3) is 4.28. The van der Waals surface area contributed by atoms with Gasteiger partial charge in [0, 0.05) is 12.3 Å². The van der Waals surface area contributed by atoms with E-state index in [1.165, 1.54) is 0 Å². The van der Waals surface area contributed by atoms with Crippen molar-refractivity contribution in [3.63, 3.8) is 0 Å². The van der Waals surface area contributed by atoms with E-state index in [0.29, 0.717) is 24.4 Å². The number of benzene rings is 2. The minimum Gasteiger partial charge on any atom is -0.478 e. The molecule has 0 atom stereocenters. The molecule has 0 bridgehead atoms. The van der Waals surface area contributed by atoms with Gasteiger partial charge in [0.05, 0.1) is 12.1 Å². The Morgan fingerprint density at radius 2 is 1.72 bits per heavy atom. The number of nitrogens with zero attached hydrogens (tertiary/aromatic N) is 3. The summed E-state index contributed by atoms with van der Waals surface area (Å²) in [6.45, 7) is 2.22. The van der Waals surface area contributed by atoms with Gasteiger partial charge >= 0.3 is 11.7 Å². The lowest BCUT2D eigenvalue weighted by Gasteiger charge is -2.19. The maximum atomic E-state index is 13.0. The van der Waals surface area contributed by atoms with Crippen LogP contribution in [0.25, 0.3) is 11.1 Å². The summed E-state index contributed by atoms with van der Waals surface area (Å²) in [6.07, 6.45) is 5.36. The van der Waals surface area contributed by atoms with Crippen LogP contribution in [0.2, 0.25) is 0 Å². The number of hydrogen-bond acceptors (Lipinski definition) is 4. The Morgan fingerprint density at radius 1 is 1.03 bits per heavy atom. The molecule has 0 aliphatic heterocycles. The molecule has 7 heteroatoms. The molecule has 0 unspecified atom stereocenters. The second-order valence-corrected chi connectivity index (χ2v) is 8.27. The minimum absolute atomic E-state index is 0.122. The maximum absolute atomic E-state index is 13.0. The summed E-state index contributed by atoms with van der Waals surface area (Å²) >= 11 is 0. The van der Waals surface area contributed by atoms with E-state index in [-0.39, 0.29) is 17.4 Å². The molecule has 3 aromatic rings. The van der Waals surface area contributed by atoms with E-state index in [4.69, 9.17) is 0 Å². The number of rotatable bonds is 6. The maximum Gasteiger partial charge on any atom is 0.353 e. The molecule has 0 radical (unpaired) electrons. The summed E-state index contributed by atoms with van der Waals surface area (Å²) in [7, 11) is 0. The second kappa shape index (κ2) is 9.34. The molecule has 1 saturated carbocycles. The molecule has 0 spiro atoms. The van der Waals surface area contributed by atoms with E-state index in [2.05, 4.69) is 5.10 Å². The Balaban J connectivity index is 1.59. The van der Waals surface area contributed by atoms with E-state index in [9.17, 15) is 19.5 Å². The van der Waals surface area contributed by atoms with Crippen LogP contribution in [0.3, 0.4) is 0 Å². The highest BCUT2D eigenvalue weighted by Gasteiger charge is 2.26. The summed E-state index contributed by atoms with van der Waals surface area (Å²) in [4.78, 5) is 37.4. The molecule has 1 aliphatic carbocycles. The molecule has 0 amide bonds. The van der Waals surface area contributed by atoms with Crippen LogP contribution in [0.15, 0.2) is 53.3 Å². The smallest absolute Gasteiger partial charge is 0.353 e. The molecular formula is C25H27N3O4. The number of aryl methyl sites for hydroxylation is 1. The molecule has 1 aliphatic rings. The zero-order chi connectivity index (χ0) is 22.7. The molecule has 32 heavy (non-hydrogen) atoms. The monoisotopic (exact) mass is 433 g/mol. The van der Waals surface area contributed by atoms with Gasteiger partial charge in [0.1, 0.15) is 5.82 Å². The van der Waals surface area contributed by atoms with Gasteiger partial charge in [0.2, 0.25) is 0 Å². The zero-order valence-corrected chi connectivity index (χ0v) is 18.2. The Kier molecular flexibility index (Phi) is 6.35. The van der Waals surface area contributed by atoms with Gasteiger partial charge in [0.25, 0.3) is 5.91 Å². The van der Waals surface area contributed by atoms with Crippen LogP contribution in [0.5, 0.6) is 0 Å². The van der Waals surface area contributed by atoms with Gasteiger partial charge in [0.15, 0.2) is 0 Å². The van der Waals surface area contributed by atoms with Crippen LogP contribution in [0, 0.1) is 5.92 Å². The normalized spacial score (nSPS) is 14.4. The second-order valence-electron chi connectivity index (χ2n) is 8.27. The fraction of sp³-hybridized carbons (Fsp3) is 0.360.